The number of nitrogens with two attached hydrogens (primary N) is 1. The Bertz CT molecular complexity index is 365. The van der Waals surface area contributed by atoms with Crippen LogP contribution in [-0.4, -0.2) is 22.4 Å². The van der Waals surface area contributed by atoms with E-state index in [9.17, 15) is 0 Å². The Morgan fingerprint density at radius 3 is 3.14 bits per heavy atom. The standard InChI is InChI=1S/C9H11N3O2/c10-9-7(2-1-3-11-9)8-4-6(5-13)12-14-8/h1-3,8,13H,4-5H2,(H2,10,11). The summed E-state index contributed by atoms with van der Waals surface area (Å²) in [6.07, 6.45) is 2.00. The number of rotatable bonds is 2. The summed E-state index contributed by atoms with van der Waals surface area (Å²) in [6.45, 7) is -0.0728. The zero-order valence-electron chi connectivity index (χ0n) is 7.55. The highest BCUT2D eigenvalue weighted by atomic mass is 16.6. The van der Waals surface area contributed by atoms with Crippen LogP contribution in [-0.2, 0) is 4.84 Å². The van der Waals surface area contributed by atoms with Gasteiger partial charge < -0.3 is 15.7 Å². The highest BCUT2D eigenvalue weighted by Gasteiger charge is 2.24. The fourth-order valence-electron chi connectivity index (χ4n) is 1.39. The summed E-state index contributed by atoms with van der Waals surface area (Å²) in [5, 5.41) is 12.6. The maximum atomic E-state index is 8.84. The van der Waals surface area contributed by atoms with E-state index in [1.54, 1.807) is 12.3 Å². The molecule has 0 amide bonds. The van der Waals surface area contributed by atoms with Crippen LogP contribution in [0.4, 0.5) is 5.82 Å². The van der Waals surface area contributed by atoms with Crippen LogP contribution in [0, 0.1) is 0 Å². The summed E-state index contributed by atoms with van der Waals surface area (Å²) in [7, 11) is 0. The maximum absolute atomic E-state index is 8.84. The SMILES string of the molecule is Nc1ncccc1C1CC(CO)=NO1. The van der Waals surface area contributed by atoms with Gasteiger partial charge in [0, 0.05) is 18.2 Å². The summed E-state index contributed by atoms with van der Waals surface area (Å²) in [5.74, 6) is 0.451. The van der Waals surface area contributed by atoms with Gasteiger partial charge in [-0.15, -0.1) is 0 Å². The second-order valence-corrected chi connectivity index (χ2v) is 3.09. The average Bonchev–Trinajstić information content (AvgIpc) is 2.67. The first-order valence-electron chi connectivity index (χ1n) is 4.34. The van der Waals surface area contributed by atoms with Crippen LogP contribution in [0.3, 0.4) is 0 Å². The Morgan fingerprint density at radius 2 is 2.50 bits per heavy atom. The van der Waals surface area contributed by atoms with Gasteiger partial charge in [-0.25, -0.2) is 4.98 Å². The molecule has 0 bridgehead atoms. The first-order valence-corrected chi connectivity index (χ1v) is 4.34. The molecule has 0 aliphatic carbocycles. The lowest BCUT2D eigenvalue weighted by molar-refractivity contribution is 0.0860. The molecule has 1 aliphatic heterocycles. The Balaban J connectivity index is 2.16. The van der Waals surface area contributed by atoms with Crippen molar-refractivity contribution in [1.29, 1.82) is 0 Å². The summed E-state index contributed by atoms with van der Waals surface area (Å²) < 4.78 is 0. The van der Waals surface area contributed by atoms with Crippen molar-refractivity contribution in [3.05, 3.63) is 23.9 Å². The number of aliphatic hydroxyl groups excluding tert-OH is 1. The van der Waals surface area contributed by atoms with Crippen LogP contribution < -0.4 is 5.73 Å². The molecule has 0 saturated carbocycles. The lowest BCUT2D eigenvalue weighted by atomic mass is 10.1. The number of hydrogen-bond donors (Lipinski definition) is 2. The van der Waals surface area contributed by atoms with E-state index in [4.69, 9.17) is 15.7 Å². The van der Waals surface area contributed by atoms with Crippen LogP contribution in [0.5, 0.6) is 0 Å². The predicted molar refractivity (Wildman–Crippen MR) is 51.6 cm³/mol. The third-order valence-corrected chi connectivity index (χ3v) is 2.13. The minimum Gasteiger partial charge on any atom is -0.390 e. The third kappa shape index (κ3) is 1.54. The molecule has 1 aliphatic rings. The first kappa shape index (κ1) is 8.96. The molecule has 0 spiro atoms. The fourth-order valence-corrected chi connectivity index (χ4v) is 1.39. The van der Waals surface area contributed by atoms with Crippen molar-refractivity contribution in [2.24, 2.45) is 5.16 Å². The van der Waals surface area contributed by atoms with E-state index in [0.717, 1.165) is 5.56 Å². The van der Waals surface area contributed by atoms with Gasteiger partial charge in [-0.3, -0.25) is 0 Å². The van der Waals surface area contributed by atoms with Crippen molar-refractivity contribution in [1.82, 2.24) is 4.98 Å². The van der Waals surface area contributed by atoms with E-state index in [0.29, 0.717) is 18.0 Å². The van der Waals surface area contributed by atoms with Gasteiger partial charge in [0.05, 0.1) is 12.3 Å². The van der Waals surface area contributed by atoms with Gasteiger partial charge in [0.1, 0.15) is 5.82 Å². The molecular weight excluding hydrogens is 182 g/mol. The van der Waals surface area contributed by atoms with Crippen LogP contribution in [0.2, 0.25) is 0 Å². The molecule has 1 unspecified atom stereocenters. The number of aromatic nitrogens is 1. The first-order chi connectivity index (χ1) is 6.81. The molecule has 14 heavy (non-hydrogen) atoms. The second kappa shape index (κ2) is 3.63. The number of anilines is 1. The zero-order chi connectivity index (χ0) is 9.97. The van der Waals surface area contributed by atoms with E-state index in [-0.39, 0.29) is 12.7 Å². The van der Waals surface area contributed by atoms with E-state index < -0.39 is 0 Å². The topological polar surface area (TPSA) is 80.7 Å². The van der Waals surface area contributed by atoms with Gasteiger partial charge in [0.15, 0.2) is 6.10 Å². The Morgan fingerprint density at radius 1 is 1.64 bits per heavy atom. The van der Waals surface area contributed by atoms with Crippen LogP contribution in [0.15, 0.2) is 23.5 Å². The van der Waals surface area contributed by atoms with Gasteiger partial charge in [-0.2, -0.15) is 0 Å². The van der Waals surface area contributed by atoms with Crippen LogP contribution in [0.1, 0.15) is 18.1 Å². The maximum Gasteiger partial charge on any atom is 0.161 e. The van der Waals surface area contributed by atoms with E-state index in [2.05, 4.69) is 10.1 Å². The number of nitrogens with zero attached hydrogens (tertiary/aromatic N) is 2. The lowest BCUT2D eigenvalue weighted by Crippen LogP contribution is -2.06. The average molecular weight is 193 g/mol. The smallest absolute Gasteiger partial charge is 0.161 e. The molecule has 2 heterocycles. The summed E-state index contributed by atoms with van der Waals surface area (Å²) in [4.78, 5) is 9.09. The van der Waals surface area contributed by atoms with Gasteiger partial charge in [0.2, 0.25) is 0 Å². The fraction of sp³-hybridized carbons (Fsp3) is 0.333. The van der Waals surface area contributed by atoms with Gasteiger partial charge >= 0.3 is 0 Å². The van der Waals surface area contributed by atoms with Crippen molar-refractivity contribution in [2.75, 3.05) is 12.3 Å². The molecule has 0 saturated heterocycles. The molecule has 1 atom stereocenters. The highest BCUT2D eigenvalue weighted by molar-refractivity contribution is 5.86. The molecule has 1 aromatic heterocycles. The molecule has 1 aromatic rings. The summed E-state index contributed by atoms with van der Waals surface area (Å²) >= 11 is 0. The van der Waals surface area contributed by atoms with Crippen LogP contribution >= 0.6 is 0 Å². The van der Waals surface area contributed by atoms with Crippen molar-refractivity contribution in [2.45, 2.75) is 12.5 Å². The Labute approximate surface area is 81.2 Å². The highest BCUT2D eigenvalue weighted by Crippen LogP contribution is 2.29. The monoisotopic (exact) mass is 193 g/mol. The van der Waals surface area contributed by atoms with Gasteiger partial charge in [-0.05, 0) is 12.1 Å². The van der Waals surface area contributed by atoms with Crippen LogP contribution in [0.25, 0.3) is 0 Å². The Hall–Kier alpha value is -1.62. The van der Waals surface area contributed by atoms with Gasteiger partial charge in [0.25, 0.3) is 0 Å². The molecule has 2 rings (SSSR count). The lowest BCUT2D eigenvalue weighted by Gasteiger charge is -2.09. The molecule has 0 aromatic carbocycles. The van der Waals surface area contributed by atoms with Crippen molar-refractivity contribution in [3.63, 3.8) is 0 Å². The number of oxime groups is 1. The Kier molecular flexibility index (Phi) is 2.32. The number of nitrogen functional groups attached to an aromatic ring is 1. The largest absolute Gasteiger partial charge is 0.390 e. The summed E-state index contributed by atoms with van der Waals surface area (Å²) in [5.41, 5.74) is 7.14. The van der Waals surface area contributed by atoms with E-state index in [1.807, 2.05) is 6.07 Å². The minimum absolute atomic E-state index is 0.0728. The third-order valence-electron chi connectivity index (χ3n) is 2.13. The predicted octanol–water partition coefficient (Wildman–Crippen LogP) is 0.474. The molecule has 3 N–H and O–H groups in total. The molecule has 0 fully saturated rings. The van der Waals surface area contributed by atoms with Crippen molar-refractivity contribution in [3.8, 4) is 0 Å². The van der Waals surface area contributed by atoms with Crippen molar-refractivity contribution < 1.29 is 9.94 Å². The van der Waals surface area contributed by atoms with E-state index in [1.165, 1.54) is 0 Å². The zero-order valence-corrected chi connectivity index (χ0v) is 7.55. The number of aliphatic hydroxyl groups is 1. The molecule has 0 radical (unpaired) electrons. The van der Waals surface area contributed by atoms with Gasteiger partial charge in [-0.1, -0.05) is 5.16 Å². The number of hydrogen-bond acceptors (Lipinski definition) is 5. The minimum atomic E-state index is -0.203. The molecule has 74 valence electrons. The normalized spacial score (nSPS) is 20.4. The van der Waals surface area contributed by atoms with E-state index >= 15 is 0 Å². The molecule has 5 nitrogen and oxygen atoms in total. The number of pyridine rings is 1. The summed E-state index contributed by atoms with van der Waals surface area (Å²) in [6, 6.07) is 3.65. The second-order valence-electron chi connectivity index (χ2n) is 3.09. The molecular formula is C9H11N3O2. The molecule has 5 heteroatoms. The van der Waals surface area contributed by atoms with Crippen molar-refractivity contribution >= 4 is 11.5 Å². The quantitative estimate of drug-likeness (QED) is 0.715.